The van der Waals surface area contributed by atoms with Crippen LogP contribution in [-0.4, -0.2) is 5.78 Å². The van der Waals surface area contributed by atoms with E-state index >= 15 is 0 Å². The second-order valence-electron chi connectivity index (χ2n) is 3.31. The van der Waals surface area contributed by atoms with Gasteiger partial charge in [0.05, 0.1) is 0 Å². The Balaban J connectivity index is 2.17. The number of allylic oxidation sites excluding steroid dienone is 2. The first-order chi connectivity index (χ1) is 4.88. The van der Waals surface area contributed by atoms with Gasteiger partial charge >= 0.3 is 0 Å². The van der Waals surface area contributed by atoms with E-state index < -0.39 is 0 Å². The Morgan fingerprint density at radius 2 is 2.10 bits per heavy atom. The van der Waals surface area contributed by atoms with E-state index in [4.69, 9.17) is 0 Å². The summed E-state index contributed by atoms with van der Waals surface area (Å²) in [5, 5.41) is 0. The number of fused-ring (bicyclic) bond motifs is 1. The molecule has 0 N–H and O–H groups in total. The Kier molecular flexibility index (Phi) is 1.37. The van der Waals surface area contributed by atoms with E-state index in [2.05, 4.69) is 12.2 Å². The van der Waals surface area contributed by atoms with Gasteiger partial charge in [-0.3, -0.25) is 4.79 Å². The Morgan fingerprint density at radius 1 is 1.30 bits per heavy atom. The smallest absolute Gasteiger partial charge is 0.136 e. The van der Waals surface area contributed by atoms with E-state index in [1.165, 1.54) is 0 Å². The van der Waals surface area contributed by atoms with Crippen molar-refractivity contribution >= 4 is 5.78 Å². The lowest BCUT2D eigenvalue weighted by atomic mass is 9.86. The van der Waals surface area contributed by atoms with Crippen molar-refractivity contribution in [3.8, 4) is 0 Å². The molecule has 0 amide bonds. The highest BCUT2D eigenvalue weighted by molar-refractivity contribution is 5.83. The summed E-state index contributed by atoms with van der Waals surface area (Å²) < 4.78 is 0. The molecule has 0 saturated heterocycles. The lowest BCUT2D eigenvalue weighted by Gasteiger charge is -2.18. The van der Waals surface area contributed by atoms with E-state index in [0.717, 1.165) is 25.7 Å². The fraction of sp³-hybridized carbons (Fsp3) is 0.667. The molecule has 1 nitrogen and oxygen atoms in total. The average molecular weight is 136 g/mol. The van der Waals surface area contributed by atoms with Gasteiger partial charge in [0.2, 0.25) is 0 Å². The first-order valence-corrected chi connectivity index (χ1v) is 4.05. The Labute approximate surface area is 61.1 Å². The van der Waals surface area contributed by atoms with Gasteiger partial charge in [0.25, 0.3) is 0 Å². The van der Waals surface area contributed by atoms with Crippen molar-refractivity contribution < 1.29 is 4.79 Å². The number of carbonyl (C=O) groups is 1. The maximum Gasteiger partial charge on any atom is 0.136 e. The van der Waals surface area contributed by atoms with E-state index in [-0.39, 0.29) is 0 Å². The molecule has 0 aromatic carbocycles. The van der Waals surface area contributed by atoms with Gasteiger partial charge in [-0.1, -0.05) is 12.2 Å². The first kappa shape index (κ1) is 6.14. The highest BCUT2D eigenvalue weighted by atomic mass is 16.1. The van der Waals surface area contributed by atoms with Crippen LogP contribution in [0.1, 0.15) is 25.7 Å². The highest BCUT2D eigenvalue weighted by Gasteiger charge is 2.33. The molecule has 2 aliphatic rings. The molecule has 2 aliphatic carbocycles. The van der Waals surface area contributed by atoms with Crippen LogP contribution >= 0.6 is 0 Å². The molecule has 0 radical (unpaired) electrons. The van der Waals surface area contributed by atoms with Crippen LogP contribution in [-0.2, 0) is 4.79 Å². The van der Waals surface area contributed by atoms with E-state index in [1.54, 1.807) is 0 Å². The normalized spacial score (nSPS) is 38.2. The van der Waals surface area contributed by atoms with E-state index in [1.807, 2.05) is 0 Å². The largest absolute Gasteiger partial charge is 0.299 e. The molecular weight excluding hydrogens is 124 g/mol. The number of hydrogen-bond acceptors (Lipinski definition) is 1. The van der Waals surface area contributed by atoms with Crippen molar-refractivity contribution in [1.82, 2.24) is 0 Å². The van der Waals surface area contributed by atoms with Gasteiger partial charge in [-0.15, -0.1) is 0 Å². The fourth-order valence-electron chi connectivity index (χ4n) is 2.10. The molecule has 0 heterocycles. The number of carbonyl (C=O) groups excluding carboxylic acids is 1. The van der Waals surface area contributed by atoms with Crippen molar-refractivity contribution in [3.05, 3.63) is 12.2 Å². The molecule has 0 spiro atoms. The molecule has 0 aromatic rings. The van der Waals surface area contributed by atoms with Crippen LogP contribution in [0.15, 0.2) is 12.2 Å². The van der Waals surface area contributed by atoms with Gasteiger partial charge in [-0.2, -0.15) is 0 Å². The summed E-state index contributed by atoms with van der Waals surface area (Å²) in [6.07, 6.45) is 8.54. The predicted molar refractivity (Wildman–Crippen MR) is 39.6 cm³/mol. The first-order valence-electron chi connectivity index (χ1n) is 4.05. The summed E-state index contributed by atoms with van der Waals surface area (Å²) in [5.74, 6) is 1.62. The molecule has 0 aromatic heterocycles. The molecule has 2 atom stereocenters. The van der Waals surface area contributed by atoms with Crippen molar-refractivity contribution in [2.75, 3.05) is 0 Å². The fourth-order valence-corrected chi connectivity index (χ4v) is 2.10. The van der Waals surface area contributed by atoms with Crippen LogP contribution in [0.25, 0.3) is 0 Å². The lowest BCUT2D eigenvalue weighted by Crippen LogP contribution is -2.15. The Bertz CT molecular complexity index is 181. The summed E-state index contributed by atoms with van der Waals surface area (Å²) in [7, 11) is 0. The minimum atomic E-state index is 0.407. The third-order valence-corrected chi connectivity index (χ3v) is 2.74. The number of Topliss-reactive ketones (excluding diaryl/α,β-unsaturated/α-hetero) is 1. The summed E-state index contributed by atoms with van der Waals surface area (Å²) >= 11 is 0. The maximum absolute atomic E-state index is 11.2. The lowest BCUT2D eigenvalue weighted by molar-refractivity contribution is -0.121. The van der Waals surface area contributed by atoms with Crippen LogP contribution in [0.2, 0.25) is 0 Å². The maximum atomic E-state index is 11.2. The molecule has 0 aliphatic heterocycles. The standard InChI is InChI=1S/C9H12O/c10-9-6-5-7-3-1-2-4-8(7)9/h1-2,7-8H,3-6H2/t7-,8+/m1/s1. The SMILES string of the molecule is O=C1CC[C@H]2CC=CC[C@H]12. The number of hydrogen-bond donors (Lipinski definition) is 0. The third kappa shape index (κ3) is 0.808. The van der Waals surface area contributed by atoms with Gasteiger partial charge in [0.1, 0.15) is 5.78 Å². The van der Waals surface area contributed by atoms with Crippen molar-refractivity contribution in [2.45, 2.75) is 25.7 Å². The molecule has 1 saturated carbocycles. The quantitative estimate of drug-likeness (QED) is 0.465. The van der Waals surface area contributed by atoms with Crippen LogP contribution in [0.3, 0.4) is 0 Å². The molecule has 2 rings (SSSR count). The van der Waals surface area contributed by atoms with Crippen LogP contribution in [0, 0.1) is 11.8 Å². The van der Waals surface area contributed by atoms with Gasteiger partial charge in [-0.05, 0) is 25.2 Å². The van der Waals surface area contributed by atoms with Crippen molar-refractivity contribution in [3.63, 3.8) is 0 Å². The Hall–Kier alpha value is -0.590. The summed E-state index contributed by atoms with van der Waals surface area (Å²) in [4.78, 5) is 11.2. The molecular formula is C9H12O. The molecule has 10 heavy (non-hydrogen) atoms. The van der Waals surface area contributed by atoms with Crippen molar-refractivity contribution in [1.29, 1.82) is 0 Å². The predicted octanol–water partition coefficient (Wildman–Crippen LogP) is 1.93. The zero-order valence-electron chi connectivity index (χ0n) is 6.05. The van der Waals surface area contributed by atoms with Gasteiger partial charge in [0.15, 0.2) is 0 Å². The van der Waals surface area contributed by atoms with E-state index in [9.17, 15) is 4.79 Å². The zero-order valence-corrected chi connectivity index (χ0v) is 6.05. The number of rotatable bonds is 0. The molecule has 1 heteroatoms. The molecule has 0 bridgehead atoms. The summed E-state index contributed by atoms with van der Waals surface area (Å²) in [6.45, 7) is 0. The summed E-state index contributed by atoms with van der Waals surface area (Å²) in [5.41, 5.74) is 0. The highest BCUT2D eigenvalue weighted by Crippen LogP contribution is 2.36. The van der Waals surface area contributed by atoms with Crippen LogP contribution in [0.5, 0.6) is 0 Å². The van der Waals surface area contributed by atoms with Crippen LogP contribution in [0.4, 0.5) is 0 Å². The second-order valence-corrected chi connectivity index (χ2v) is 3.31. The van der Waals surface area contributed by atoms with E-state index in [0.29, 0.717) is 17.6 Å². The Morgan fingerprint density at radius 3 is 2.90 bits per heavy atom. The number of ketones is 1. The topological polar surface area (TPSA) is 17.1 Å². The van der Waals surface area contributed by atoms with Gasteiger partial charge in [-0.25, -0.2) is 0 Å². The molecule has 1 fully saturated rings. The van der Waals surface area contributed by atoms with Gasteiger partial charge in [0, 0.05) is 12.3 Å². The average Bonchev–Trinajstić information content (AvgIpc) is 2.34. The van der Waals surface area contributed by atoms with Crippen LogP contribution < -0.4 is 0 Å². The molecule has 0 unspecified atom stereocenters. The van der Waals surface area contributed by atoms with Crippen molar-refractivity contribution in [2.24, 2.45) is 11.8 Å². The van der Waals surface area contributed by atoms with Gasteiger partial charge < -0.3 is 0 Å². The second kappa shape index (κ2) is 2.22. The minimum Gasteiger partial charge on any atom is -0.299 e. The minimum absolute atomic E-state index is 0.407. The monoisotopic (exact) mass is 136 g/mol. The summed E-state index contributed by atoms with van der Waals surface area (Å²) in [6, 6.07) is 0. The molecule has 54 valence electrons. The zero-order chi connectivity index (χ0) is 6.97. The third-order valence-electron chi connectivity index (χ3n) is 2.74.